The van der Waals surface area contributed by atoms with Crippen LogP contribution in [0.5, 0.6) is 0 Å². The van der Waals surface area contributed by atoms with Crippen molar-refractivity contribution < 1.29 is 9.90 Å². The zero-order valence-corrected chi connectivity index (χ0v) is 8.53. The molecule has 0 amide bonds. The van der Waals surface area contributed by atoms with Crippen LogP contribution in [0.15, 0.2) is 12.3 Å². The van der Waals surface area contributed by atoms with Gasteiger partial charge in [0.25, 0.3) is 0 Å². The number of nitrogens with zero attached hydrogens (tertiary/aromatic N) is 1. The third-order valence-electron chi connectivity index (χ3n) is 1.80. The summed E-state index contributed by atoms with van der Waals surface area (Å²) in [6.07, 6.45) is 1.60. The van der Waals surface area contributed by atoms with Crippen LogP contribution in [-0.4, -0.2) is 22.1 Å². The van der Waals surface area contributed by atoms with Crippen molar-refractivity contribution in [3.8, 4) is 0 Å². The van der Waals surface area contributed by atoms with Crippen LogP contribution in [0.4, 0.5) is 5.82 Å². The van der Waals surface area contributed by atoms with Crippen molar-refractivity contribution >= 4 is 11.8 Å². The number of carboxylic acid groups (broad SMARTS) is 1. The molecular weight excluding hydrogens is 180 g/mol. The first-order valence-electron chi connectivity index (χ1n) is 4.47. The monoisotopic (exact) mass is 194 g/mol. The van der Waals surface area contributed by atoms with E-state index >= 15 is 0 Å². The molecule has 0 aliphatic carbocycles. The minimum Gasteiger partial charge on any atom is -0.478 e. The molecule has 0 aliphatic heterocycles. The van der Waals surface area contributed by atoms with E-state index in [0.29, 0.717) is 5.82 Å². The highest BCUT2D eigenvalue weighted by Crippen LogP contribution is 2.16. The highest BCUT2D eigenvalue weighted by Gasteiger charge is 2.14. The van der Waals surface area contributed by atoms with Gasteiger partial charge in [-0.2, -0.15) is 0 Å². The minimum absolute atomic E-state index is 0.169. The number of aryl methyl sites for hydroxylation is 1. The summed E-state index contributed by atoms with van der Waals surface area (Å²) >= 11 is 0. The Hall–Kier alpha value is -1.58. The van der Waals surface area contributed by atoms with Gasteiger partial charge in [-0.15, -0.1) is 0 Å². The Morgan fingerprint density at radius 2 is 2.21 bits per heavy atom. The highest BCUT2D eigenvalue weighted by molar-refractivity contribution is 5.94. The number of carbonyl (C=O) groups is 1. The number of rotatable bonds is 3. The van der Waals surface area contributed by atoms with Crippen molar-refractivity contribution in [2.24, 2.45) is 0 Å². The second-order valence-corrected chi connectivity index (χ2v) is 3.46. The number of hydrogen-bond donors (Lipinski definition) is 2. The number of carboxylic acids is 1. The molecular formula is C10H14N2O2. The van der Waals surface area contributed by atoms with Crippen LogP contribution in [0.25, 0.3) is 0 Å². The van der Waals surface area contributed by atoms with E-state index in [-0.39, 0.29) is 11.6 Å². The highest BCUT2D eigenvalue weighted by atomic mass is 16.4. The average Bonchev–Trinajstić information content (AvgIpc) is 2.01. The summed E-state index contributed by atoms with van der Waals surface area (Å²) in [4.78, 5) is 15.0. The molecule has 0 fully saturated rings. The quantitative estimate of drug-likeness (QED) is 0.771. The predicted octanol–water partition coefficient (Wildman–Crippen LogP) is 1.91. The first kappa shape index (κ1) is 10.5. The van der Waals surface area contributed by atoms with Crippen molar-refractivity contribution in [1.82, 2.24) is 4.98 Å². The lowest BCUT2D eigenvalue weighted by Gasteiger charge is -2.12. The Kier molecular flexibility index (Phi) is 3.06. The molecule has 0 radical (unpaired) electrons. The Labute approximate surface area is 83.0 Å². The van der Waals surface area contributed by atoms with E-state index < -0.39 is 5.97 Å². The topological polar surface area (TPSA) is 62.2 Å². The maximum absolute atomic E-state index is 10.9. The number of hydrogen-bond acceptors (Lipinski definition) is 3. The maximum atomic E-state index is 10.9. The van der Waals surface area contributed by atoms with Crippen molar-refractivity contribution in [2.45, 2.75) is 26.8 Å². The smallest absolute Gasteiger partial charge is 0.339 e. The van der Waals surface area contributed by atoms with E-state index in [9.17, 15) is 4.79 Å². The van der Waals surface area contributed by atoms with Gasteiger partial charge >= 0.3 is 5.97 Å². The molecule has 0 saturated heterocycles. The Balaban J connectivity index is 3.14. The Bertz CT molecular complexity index is 348. The molecule has 1 aromatic rings. The standard InChI is InChI=1S/C10H14N2O2/c1-6(2)12-9-8(10(13)14)7(3)4-5-11-9/h4-6H,1-3H3,(H,11,12)(H,13,14). The van der Waals surface area contributed by atoms with E-state index in [0.717, 1.165) is 5.56 Å². The van der Waals surface area contributed by atoms with E-state index in [1.54, 1.807) is 19.2 Å². The summed E-state index contributed by atoms with van der Waals surface area (Å²) in [6.45, 7) is 5.64. The molecule has 76 valence electrons. The number of anilines is 1. The molecule has 0 unspecified atom stereocenters. The molecule has 2 N–H and O–H groups in total. The number of aromatic nitrogens is 1. The van der Waals surface area contributed by atoms with E-state index in [1.165, 1.54) is 0 Å². The van der Waals surface area contributed by atoms with Crippen molar-refractivity contribution in [1.29, 1.82) is 0 Å². The Morgan fingerprint density at radius 1 is 1.57 bits per heavy atom. The second-order valence-electron chi connectivity index (χ2n) is 3.46. The fraction of sp³-hybridized carbons (Fsp3) is 0.400. The molecule has 1 rings (SSSR count). The van der Waals surface area contributed by atoms with E-state index in [4.69, 9.17) is 5.11 Å². The van der Waals surface area contributed by atoms with Gasteiger partial charge in [-0.1, -0.05) is 0 Å². The third-order valence-corrected chi connectivity index (χ3v) is 1.80. The number of nitrogens with one attached hydrogen (secondary N) is 1. The maximum Gasteiger partial charge on any atom is 0.339 e. The molecule has 4 nitrogen and oxygen atoms in total. The molecule has 1 aromatic heterocycles. The van der Waals surface area contributed by atoms with Crippen molar-refractivity contribution in [2.75, 3.05) is 5.32 Å². The van der Waals surface area contributed by atoms with Gasteiger partial charge in [0.05, 0.1) is 0 Å². The summed E-state index contributed by atoms with van der Waals surface area (Å²) in [6, 6.07) is 1.86. The van der Waals surface area contributed by atoms with Crippen LogP contribution in [-0.2, 0) is 0 Å². The normalized spacial score (nSPS) is 10.3. The van der Waals surface area contributed by atoms with Gasteiger partial charge in [0.15, 0.2) is 0 Å². The fourth-order valence-corrected chi connectivity index (χ4v) is 1.21. The Morgan fingerprint density at radius 3 is 2.71 bits per heavy atom. The van der Waals surface area contributed by atoms with Gasteiger partial charge in [-0.25, -0.2) is 9.78 Å². The van der Waals surface area contributed by atoms with Gasteiger partial charge in [-0.05, 0) is 32.4 Å². The molecule has 0 aromatic carbocycles. The predicted molar refractivity (Wildman–Crippen MR) is 54.7 cm³/mol. The van der Waals surface area contributed by atoms with Crippen molar-refractivity contribution in [3.05, 3.63) is 23.4 Å². The van der Waals surface area contributed by atoms with Gasteiger partial charge in [0, 0.05) is 12.2 Å². The summed E-state index contributed by atoms with van der Waals surface area (Å²) in [7, 11) is 0. The molecule has 0 saturated carbocycles. The summed E-state index contributed by atoms with van der Waals surface area (Å²) in [5.41, 5.74) is 0.969. The fourth-order valence-electron chi connectivity index (χ4n) is 1.21. The number of aromatic carboxylic acids is 1. The largest absolute Gasteiger partial charge is 0.478 e. The van der Waals surface area contributed by atoms with Gasteiger partial charge < -0.3 is 10.4 Å². The summed E-state index contributed by atoms with van der Waals surface area (Å²) < 4.78 is 0. The van der Waals surface area contributed by atoms with Gasteiger partial charge in [0.1, 0.15) is 11.4 Å². The van der Waals surface area contributed by atoms with Gasteiger partial charge in [-0.3, -0.25) is 0 Å². The van der Waals surface area contributed by atoms with Crippen LogP contribution < -0.4 is 5.32 Å². The molecule has 0 atom stereocenters. The van der Waals surface area contributed by atoms with Crippen LogP contribution in [0.1, 0.15) is 29.8 Å². The summed E-state index contributed by atoms with van der Waals surface area (Å²) in [5, 5.41) is 12.0. The first-order valence-corrected chi connectivity index (χ1v) is 4.47. The minimum atomic E-state index is -0.946. The average molecular weight is 194 g/mol. The van der Waals surface area contributed by atoms with E-state index in [2.05, 4.69) is 10.3 Å². The second kappa shape index (κ2) is 4.09. The van der Waals surface area contributed by atoms with Gasteiger partial charge in [0.2, 0.25) is 0 Å². The van der Waals surface area contributed by atoms with Crippen LogP contribution in [0, 0.1) is 6.92 Å². The molecule has 1 heterocycles. The van der Waals surface area contributed by atoms with E-state index in [1.807, 2.05) is 13.8 Å². The molecule has 0 bridgehead atoms. The lowest BCUT2D eigenvalue weighted by molar-refractivity contribution is 0.0697. The molecule has 14 heavy (non-hydrogen) atoms. The lowest BCUT2D eigenvalue weighted by atomic mass is 10.1. The van der Waals surface area contributed by atoms with Crippen LogP contribution in [0.3, 0.4) is 0 Å². The SMILES string of the molecule is Cc1ccnc(NC(C)C)c1C(=O)O. The lowest BCUT2D eigenvalue weighted by Crippen LogP contribution is -2.15. The van der Waals surface area contributed by atoms with Crippen LogP contribution in [0.2, 0.25) is 0 Å². The molecule has 0 spiro atoms. The molecule has 4 heteroatoms. The first-order chi connectivity index (χ1) is 6.52. The summed E-state index contributed by atoms with van der Waals surface area (Å²) in [5.74, 6) is -0.508. The zero-order chi connectivity index (χ0) is 10.7. The number of pyridine rings is 1. The third kappa shape index (κ3) is 2.22. The zero-order valence-electron chi connectivity index (χ0n) is 8.53. The van der Waals surface area contributed by atoms with Crippen LogP contribution >= 0.6 is 0 Å². The van der Waals surface area contributed by atoms with Crippen molar-refractivity contribution in [3.63, 3.8) is 0 Å². The molecule has 0 aliphatic rings.